The summed E-state index contributed by atoms with van der Waals surface area (Å²) in [6.45, 7) is 11.8. The predicted molar refractivity (Wildman–Crippen MR) is 153 cm³/mol. The van der Waals surface area contributed by atoms with E-state index in [0.717, 1.165) is 33.4 Å². The summed E-state index contributed by atoms with van der Waals surface area (Å²) in [5.41, 5.74) is 5.72. The fourth-order valence-corrected chi connectivity index (χ4v) is 4.60. The molecule has 0 aliphatic carbocycles. The number of fused-ring (bicyclic) bond motifs is 1. The number of hydrogen-bond donors (Lipinski definition) is 1. The molecule has 0 radical (unpaired) electrons. The van der Waals surface area contributed by atoms with Crippen molar-refractivity contribution in [3.05, 3.63) is 89.6 Å². The molecule has 40 heavy (non-hydrogen) atoms. The Kier molecular flexibility index (Phi) is 7.06. The third kappa shape index (κ3) is 5.54. The van der Waals surface area contributed by atoms with Gasteiger partial charge in [-0.15, -0.1) is 0 Å². The lowest BCUT2D eigenvalue weighted by Crippen LogP contribution is -2.22. The fourth-order valence-electron chi connectivity index (χ4n) is 4.60. The number of rotatable bonds is 6. The summed E-state index contributed by atoms with van der Waals surface area (Å²) >= 11 is 0. The molecule has 0 atom stereocenters. The highest BCUT2D eigenvalue weighted by molar-refractivity contribution is 5.92. The van der Waals surface area contributed by atoms with Crippen LogP contribution in [0.25, 0.3) is 22.0 Å². The average molecular weight is 539 g/mol. The Hall–Kier alpha value is -4.66. The molecule has 1 N–H and O–H groups in total. The van der Waals surface area contributed by atoms with Crippen molar-refractivity contribution in [1.29, 1.82) is 0 Å². The largest absolute Gasteiger partial charge is 0.456 e. The second-order valence-electron chi connectivity index (χ2n) is 10.8. The van der Waals surface area contributed by atoms with E-state index in [9.17, 15) is 4.79 Å². The molecule has 2 aromatic carbocycles. The van der Waals surface area contributed by atoms with Crippen LogP contribution in [0.1, 0.15) is 43.3 Å². The minimum atomic E-state index is -0.520. The van der Waals surface area contributed by atoms with E-state index < -0.39 is 5.82 Å². The maximum atomic E-state index is 15.2. The number of amides is 1. The van der Waals surface area contributed by atoms with E-state index in [0.29, 0.717) is 22.7 Å². The molecule has 3 heterocycles. The first kappa shape index (κ1) is 26.9. The molecule has 0 fully saturated rings. The van der Waals surface area contributed by atoms with Gasteiger partial charge >= 0.3 is 0 Å². The van der Waals surface area contributed by atoms with Crippen molar-refractivity contribution in [1.82, 2.24) is 24.7 Å². The van der Waals surface area contributed by atoms with Crippen molar-refractivity contribution < 1.29 is 13.9 Å². The van der Waals surface area contributed by atoms with Crippen LogP contribution in [0.5, 0.6) is 11.5 Å². The minimum absolute atomic E-state index is 0.118. The van der Waals surface area contributed by atoms with E-state index in [1.165, 1.54) is 6.07 Å². The number of nitrogens with zero attached hydrogens (tertiary/aromatic N) is 5. The lowest BCUT2D eigenvalue weighted by atomic mass is 10.0. The van der Waals surface area contributed by atoms with E-state index in [1.807, 2.05) is 59.7 Å². The Bertz CT molecular complexity index is 1720. The lowest BCUT2D eigenvalue weighted by Gasteiger charge is -2.18. The number of benzene rings is 2. The maximum Gasteiger partial charge on any atom is 0.228 e. The number of carbonyl (C=O) groups excluding carboxylic acids is 1. The third-order valence-corrected chi connectivity index (χ3v) is 6.69. The molecule has 0 saturated carbocycles. The van der Waals surface area contributed by atoms with Gasteiger partial charge in [-0.3, -0.25) is 14.5 Å². The Labute approximate surface area is 232 Å². The van der Waals surface area contributed by atoms with Crippen molar-refractivity contribution in [3.8, 4) is 22.6 Å². The zero-order chi connectivity index (χ0) is 28.6. The first-order chi connectivity index (χ1) is 19.0. The summed E-state index contributed by atoms with van der Waals surface area (Å²) in [6, 6.07) is 10.6. The van der Waals surface area contributed by atoms with Gasteiger partial charge in [0.15, 0.2) is 0 Å². The molecular weight excluding hydrogens is 507 g/mol. The summed E-state index contributed by atoms with van der Waals surface area (Å²) in [7, 11) is 0. The number of pyridine rings is 1. The van der Waals surface area contributed by atoms with Gasteiger partial charge in [-0.25, -0.2) is 14.4 Å². The van der Waals surface area contributed by atoms with Gasteiger partial charge in [0.05, 0.1) is 29.4 Å². The van der Waals surface area contributed by atoms with Crippen LogP contribution < -0.4 is 10.1 Å². The van der Waals surface area contributed by atoms with E-state index in [4.69, 9.17) is 4.74 Å². The lowest BCUT2D eigenvalue weighted by molar-refractivity contribution is -0.115. The molecule has 3 aromatic heterocycles. The molecule has 0 bridgehead atoms. The topological polar surface area (TPSA) is 94.8 Å². The number of nitrogens with one attached hydrogen (secondary N) is 1. The van der Waals surface area contributed by atoms with Crippen LogP contribution in [0, 0.1) is 26.6 Å². The highest BCUT2D eigenvalue weighted by Gasteiger charge is 2.17. The van der Waals surface area contributed by atoms with Gasteiger partial charge in [0.1, 0.15) is 23.6 Å². The van der Waals surface area contributed by atoms with E-state index in [1.54, 1.807) is 41.7 Å². The van der Waals surface area contributed by atoms with Crippen molar-refractivity contribution in [3.63, 3.8) is 0 Å². The molecule has 0 spiro atoms. The van der Waals surface area contributed by atoms with Crippen LogP contribution in [-0.4, -0.2) is 30.6 Å². The Balaban J connectivity index is 1.39. The predicted octanol–water partition coefficient (Wildman–Crippen LogP) is 6.68. The number of anilines is 1. The Morgan fingerprint density at radius 3 is 2.45 bits per heavy atom. The second-order valence-corrected chi connectivity index (χ2v) is 10.8. The van der Waals surface area contributed by atoms with Crippen molar-refractivity contribution >= 4 is 22.5 Å². The van der Waals surface area contributed by atoms with Crippen molar-refractivity contribution in [2.45, 2.75) is 53.5 Å². The summed E-state index contributed by atoms with van der Waals surface area (Å²) in [4.78, 5) is 25.8. The third-order valence-electron chi connectivity index (χ3n) is 6.69. The number of ether oxygens (including phenoxy) is 1. The summed E-state index contributed by atoms with van der Waals surface area (Å²) in [5.74, 6) is 0.0562. The highest BCUT2D eigenvalue weighted by atomic mass is 19.1. The van der Waals surface area contributed by atoms with Gasteiger partial charge in [-0.1, -0.05) is 6.07 Å². The van der Waals surface area contributed by atoms with E-state index in [2.05, 4.69) is 25.4 Å². The highest BCUT2D eigenvalue weighted by Crippen LogP contribution is 2.35. The van der Waals surface area contributed by atoms with Crippen LogP contribution in [0.4, 0.5) is 10.1 Å². The van der Waals surface area contributed by atoms with Gasteiger partial charge < -0.3 is 10.1 Å². The van der Waals surface area contributed by atoms with E-state index >= 15 is 4.39 Å². The van der Waals surface area contributed by atoms with Crippen molar-refractivity contribution in [2.24, 2.45) is 0 Å². The van der Waals surface area contributed by atoms with Crippen LogP contribution in [-0.2, 0) is 16.8 Å². The van der Waals surface area contributed by atoms with Gasteiger partial charge in [-0.05, 0) is 82.5 Å². The molecule has 0 saturated heterocycles. The maximum absolute atomic E-state index is 15.2. The second kappa shape index (κ2) is 10.5. The summed E-state index contributed by atoms with van der Waals surface area (Å²) in [6.07, 6.45) is 6.43. The van der Waals surface area contributed by atoms with Crippen molar-refractivity contribution in [2.75, 3.05) is 5.32 Å². The number of hydrogen-bond acceptors (Lipinski definition) is 6. The fraction of sp³-hybridized carbons (Fsp3) is 0.258. The first-order valence-electron chi connectivity index (χ1n) is 13.0. The minimum Gasteiger partial charge on any atom is -0.456 e. The molecule has 204 valence electrons. The quantitative estimate of drug-likeness (QED) is 0.259. The Morgan fingerprint density at radius 2 is 1.75 bits per heavy atom. The smallest absolute Gasteiger partial charge is 0.228 e. The molecule has 5 aromatic rings. The SMILES string of the molecule is Cc1cc(CC(=O)Nc2cnn(C(C)(C)C)c2)c(F)cc1Oc1ccnc2ccc(-c3c(C)ncnc3C)cc12. The molecule has 9 heteroatoms. The molecule has 5 rings (SSSR count). The molecule has 0 aliphatic rings. The zero-order valence-corrected chi connectivity index (χ0v) is 23.4. The first-order valence-corrected chi connectivity index (χ1v) is 13.0. The number of aryl methyl sites for hydroxylation is 3. The molecule has 0 unspecified atom stereocenters. The van der Waals surface area contributed by atoms with Crippen LogP contribution >= 0.6 is 0 Å². The monoisotopic (exact) mass is 538 g/mol. The van der Waals surface area contributed by atoms with Gasteiger partial charge in [0.25, 0.3) is 0 Å². The van der Waals surface area contributed by atoms with Crippen LogP contribution in [0.3, 0.4) is 0 Å². The molecular formula is C31H31FN6O2. The Morgan fingerprint density at radius 1 is 1.00 bits per heavy atom. The van der Waals surface area contributed by atoms with Crippen LogP contribution in [0.2, 0.25) is 0 Å². The van der Waals surface area contributed by atoms with E-state index in [-0.39, 0.29) is 23.4 Å². The molecule has 0 aliphatic heterocycles. The molecule has 1 amide bonds. The normalized spacial score (nSPS) is 11.6. The standard InChI is InChI=1S/C31H31FN6O2/c1-18-11-22(13-29(39)37-23-15-36-38(16-23)31(4,5)6)25(32)14-28(18)40-27-9-10-33-26-8-7-21(12-24(26)27)30-19(2)34-17-35-20(30)3/h7-12,14-17H,13H2,1-6H3,(H,37,39). The molecule has 8 nitrogen and oxygen atoms in total. The summed E-state index contributed by atoms with van der Waals surface area (Å²) in [5, 5.41) is 7.86. The number of carbonyl (C=O) groups is 1. The van der Waals surface area contributed by atoms with Crippen LogP contribution in [0.15, 0.2) is 61.3 Å². The average Bonchev–Trinajstić information content (AvgIpc) is 3.36. The summed E-state index contributed by atoms with van der Waals surface area (Å²) < 4.78 is 23.2. The number of halogens is 1. The van der Waals surface area contributed by atoms with Gasteiger partial charge in [0.2, 0.25) is 5.91 Å². The van der Waals surface area contributed by atoms with Gasteiger partial charge in [0, 0.05) is 40.8 Å². The van der Waals surface area contributed by atoms with Gasteiger partial charge in [-0.2, -0.15) is 5.10 Å². The zero-order valence-electron chi connectivity index (χ0n) is 23.4. The number of aromatic nitrogens is 5.